The van der Waals surface area contributed by atoms with Crippen LogP contribution in [-0.4, -0.2) is 26.7 Å². The molecule has 0 heterocycles. The highest BCUT2D eigenvalue weighted by Crippen LogP contribution is 2.81. The van der Waals surface area contributed by atoms with E-state index in [-0.39, 0.29) is 22.7 Å². The number of methoxy groups -OCH3 is 1. The van der Waals surface area contributed by atoms with Gasteiger partial charge in [-0.15, -0.1) is 0 Å². The number of ether oxygens (including phenoxy) is 1. The Morgan fingerprint density at radius 3 is 2.74 bits per heavy atom. The predicted octanol–water partition coefficient (Wildman–Crippen LogP) is 2.49. The summed E-state index contributed by atoms with van der Waals surface area (Å²) in [5.41, 5.74) is 2.73. The largest absolute Gasteiger partial charge is 0.493 e. The smallest absolute Gasteiger partial charge is 0.380 e. The number of aliphatic hydroxyl groups is 1. The number of aryl methyl sites for hydroxylation is 1. The first kappa shape index (κ1) is 17.8. The van der Waals surface area contributed by atoms with Crippen molar-refractivity contribution in [3.8, 4) is 11.5 Å². The zero-order valence-corrected chi connectivity index (χ0v) is 16.6. The second-order valence-electron chi connectivity index (χ2n) is 9.18. The third-order valence-corrected chi connectivity index (χ3v) is 8.75. The molecule has 5 rings (SSSR count). The fourth-order valence-electron chi connectivity index (χ4n) is 7.15. The minimum Gasteiger partial charge on any atom is -0.493 e. The minimum atomic E-state index is -4.10. The minimum absolute atomic E-state index is 0.0527. The normalized spacial score (nSPS) is 41.8. The second kappa shape index (κ2) is 5.39. The van der Waals surface area contributed by atoms with Crippen molar-refractivity contribution in [1.29, 1.82) is 0 Å². The molecule has 27 heavy (non-hydrogen) atoms. The van der Waals surface area contributed by atoms with E-state index in [1.807, 2.05) is 6.07 Å². The fourth-order valence-corrected chi connectivity index (χ4v) is 7.53. The lowest BCUT2D eigenvalue weighted by atomic mass is 9.52. The molecule has 148 valence electrons. The molecule has 0 aliphatic heterocycles. The zero-order valence-electron chi connectivity index (χ0n) is 15.8. The van der Waals surface area contributed by atoms with Crippen LogP contribution < -0.4 is 14.1 Å². The summed E-state index contributed by atoms with van der Waals surface area (Å²) in [6, 6.07) is 3.74. The van der Waals surface area contributed by atoms with E-state index < -0.39 is 10.3 Å². The van der Waals surface area contributed by atoms with Gasteiger partial charge >= 0.3 is 10.3 Å². The molecule has 3 fully saturated rings. The number of nitrogens with two attached hydrogens (primary N) is 1. The summed E-state index contributed by atoms with van der Waals surface area (Å²) in [7, 11) is -2.58. The van der Waals surface area contributed by atoms with Crippen LogP contribution in [0.4, 0.5) is 0 Å². The molecule has 4 aliphatic rings. The third kappa shape index (κ3) is 2.28. The molecular weight excluding hydrogens is 366 g/mol. The highest BCUT2D eigenvalue weighted by Gasteiger charge is 2.76. The Labute approximate surface area is 160 Å². The van der Waals surface area contributed by atoms with Gasteiger partial charge in [0.2, 0.25) is 0 Å². The van der Waals surface area contributed by atoms with Crippen molar-refractivity contribution >= 4 is 10.3 Å². The van der Waals surface area contributed by atoms with Gasteiger partial charge < -0.3 is 14.0 Å². The molecule has 3 N–H and O–H groups in total. The molecule has 7 heteroatoms. The first-order chi connectivity index (χ1) is 12.7. The highest BCUT2D eigenvalue weighted by molar-refractivity contribution is 7.84. The molecule has 0 radical (unpaired) electrons. The predicted molar refractivity (Wildman–Crippen MR) is 99.8 cm³/mol. The Balaban J connectivity index is 1.55. The van der Waals surface area contributed by atoms with Crippen LogP contribution in [-0.2, 0) is 16.7 Å². The van der Waals surface area contributed by atoms with E-state index >= 15 is 0 Å². The highest BCUT2D eigenvalue weighted by atomic mass is 32.2. The monoisotopic (exact) mass is 393 g/mol. The number of aliphatic hydroxyl groups excluding tert-OH is 1. The van der Waals surface area contributed by atoms with Crippen LogP contribution in [0.5, 0.6) is 11.5 Å². The van der Waals surface area contributed by atoms with Gasteiger partial charge in [0.05, 0.1) is 13.2 Å². The first-order valence-corrected chi connectivity index (χ1v) is 11.3. The Hall–Kier alpha value is -1.31. The summed E-state index contributed by atoms with van der Waals surface area (Å²) in [6.45, 7) is 2.31. The molecule has 1 aromatic carbocycles. The number of fused-ring (bicyclic) bond motifs is 3. The van der Waals surface area contributed by atoms with Gasteiger partial charge in [0.15, 0.2) is 11.5 Å². The fraction of sp³-hybridized carbons (Fsp3) is 0.700. The Morgan fingerprint density at radius 2 is 2.04 bits per heavy atom. The molecule has 1 spiro atoms. The quantitative estimate of drug-likeness (QED) is 0.822. The van der Waals surface area contributed by atoms with Crippen LogP contribution in [0.2, 0.25) is 0 Å². The average molecular weight is 394 g/mol. The molecule has 6 atom stereocenters. The maximum Gasteiger partial charge on any atom is 0.380 e. The molecule has 2 unspecified atom stereocenters. The second-order valence-corrected chi connectivity index (χ2v) is 10.3. The van der Waals surface area contributed by atoms with E-state index in [2.05, 4.69) is 6.92 Å². The number of benzene rings is 1. The van der Waals surface area contributed by atoms with Crippen molar-refractivity contribution < 1.29 is 22.4 Å². The maximum atomic E-state index is 11.4. The topological polar surface area (TPSA) is 98.9 Å². The summed E-state index contributed by atoms with van der Waals surface area (Å²) < 4.78 is 33.1. The van der Waals surface area contributed by atoms with Crippen molar-refractivity contribution in [2.24, 2.45) is 27.8 Å². The van der Waals surface area contributed by atoms with E-state index in [0.717, 1.165) is 37.7 Å². The number of rotatable bonds is 3. The van der Waals surface area contributed by atoms with Crippen molar-refractivity contribution in [2.45, 2.75) is 57.5 Å². The van der Waals surface area contributed by atoms with Gasteiger partial charge in [-0.2, -0.15) is 13.6 Å². The Morgan fingerprint density at radius 1 is 1.26 bits per heavy atom. The van der Waals surface area contributed by atoms with Crippen molar-refractivity contribution in [2.75, 3.05) is 7.11 Å². The van der Waals surface area contributed by atoms with E-state index in [1.165, 1.54) is 19.1 Å². The summed E-state index contributed by atoms with van der Waals surface area (Å²) in [4.78, 5) is 0. The summed E-state index contributed by atoms with van der Waals surface area (Å²) >= 11 is 0. The van der Waals surface area contributed by atoms with Crippen molar-refractivity contribution in [1.82, 2.24) is 0 Å². The zero-order chi connectivity index (χ0) is 19.2. The molecule has 6 nitrogen and oxygen atoms in total. The molecule has 0 saturated heterocycles. The van der Waals surface area contributed by atoms with E-state index in [0.29, 0.717) is 23.5 Å². The lowest BCUT2D eigenvalue weighted by molar-refractivity contribution is -0.0558. The standard InChI is InChI=1S/C20H27NO5S/c1-19-6-5-13-14-9-16(25-2)17(26-27(21,23)24)7-11(14)3-4-15(13)20(19)10-12(20)8-18(19)22/h7,9,12-13,15,18,22H,3-6,8,10H2,1-2H3,(H2,21,23,24)/t12-,13?,15?,18-,19-,20+/m1/s1. The molecular formula is C20H27NO5S. The summed E-state index contributed by atoms with van der Waals surface area (Å²) in [6.07, 6.45) is 6.11. The number of hydrogen-bond donors (Lipinski definition) is 2. The summed E-state index contributed by atoms with van der Waals surface area (Å²) in [5.74, 6) is 2.26. The maximum absolute atomic E-state index is 11.4. The molecule has 4 aliphatic carbocycles. The van der Waals surface area contributed by atoms with Gasteiger partial charge in [-0.3, -0.25) is 0 Å². The van der Waals surface area contributed by atoms with E-state index in [1.54, 1.807) is 6.07 Å². The third-order valence-electron chi connectivity index (χ3n) is 8.34. The van der Waals surface area contributed by atoms with Gasteiger partial charge in [-0.25, -0.2) is 0 Å². The molecule has 3 saturated carbocycles. The Kier molecular flexibility index (Phi) is 3.55. The van der Waals surface area contributed by atoms with Crippen LogP contribution in [0.25, 0.3) is 0 Å². The van der Waals surface area contributed by atoms with Gasteiger partial charge in [-0.1, -0.05) is 6.92 Å². The van der Waals surface area contributed by atoms with Crippen LogP contribution in [0.1, 0.15) is 56.1 Å². The number of hydrogen-bond acceptors (Lipinski definition) is 5. The molecule has 0 bridgehead atoms. The van der Waals surface area contributed by atoms with Crippen LogP contribution in [0.3, 0.4) is 0 Å². The van der Waals surface area contributed by atoms with Crippen molar-refractivity contribution in [3.05, 3.63) is 23.3 Å². The van der Waals surface area contributed by atoms with E-state index in [9.17, 15) is 13.5 Å². The lowest BCUT2D eigenvalue weighted by Crippen LogP contribution is -2.47. The van der Waals surface area contributed by atoms with Crippen LogP contribution in [0, 0.1) is 22.7 Å². The Bertz CT molecular complexity index is 915. The lowest BCUT2D eigenvalue weighted by Gasteiger charge is -2.52. The average Bonchev–Trinajstić information content (AvgIpc) is 3.25. The van der Waals surface area contributed by atoms with Crippen molar-refractivity contribution in [3.63, 3.8) is 0 Å². The van der Waals surface area contributed by atoms with Gasteiger partial charge in [-0.05, 0) is 90.4 Å². The van der Waals surface area contributed by atoms with Gasteiger partial charge in [0.1, 0.15) is 0 Å². The first-order valence-electron chi connectivity index (χ1n) is 9.81. The molecule has 1 aromatic rings. The molecule has 0 aromatic heterocycles. The van der Waals surface area contributed by atoms with Crippen LogP contribution in [0.15, 0.2) is 12.1 Å². The van der Waals surface area contributed by atoms with Gasteiger partial charge in [0.25, 0.3) is 0 Å². The molecule has 0 amide bonds. The van der Waals surface area contributed by atoms with Crippen LogP contribution >= 0.6 is 0 Å². The van der Waals surface area contributed by atoms with Gasteiger partial charge in [0, 0.05) is 0 Å². The SMILES string of the molecule is COc1cc2c(cc1OS(N)(=O)=O)CCC1C2CC[C@]2(C)[C@H](O)C[C@@H]3C[C@@]132. The van der Waals surface area contributed by atoms with E-state index in [4.69, 9.17) is 14.1 Å². The summed E-state index contributed by atoms with van der Waals surface area (Å²) in [5, 5.41) is 15.7.